The molecular formula is C12H24N2O. The second kappa shape index (κ2) is 4.81. The second-order valence-electron chi connectivity index (χ2n) is 5.43. The average molecular weight is 212 g/mol. The first-order chi connectivity index (χ1) is 7.16. The molecule has 15 heavy (non-hydrogen) atoms. The summed E-state index contributed by atoms with van der Waals surface area (Å²) < 4.78 is 5.39. The smallest absolute Gasteiger partial charge is 0.0510 e. The summed E-state index contributed by atoms with van der Waals surface area (Å²) in [4.78, 5) is 2.55. The third-order valence-corrected chi connectivity index (χ3v) is 3.93. The van der Waals surface area contributed by atoms with Gasteiger partial charge in [0.1, 0.15) is 0 Å². The van der Waals surface area contributed by atoms with Crippen LogP contribution < -0.4 is 5.73 Å². The normalized spacial score (nSPS) is 39.8. The molecule has 0 aliphatic carbocycles. The Hall–Kier alpha value is -0.120. The molecule has 0 radical (unpaired) electrons. The van der Waals surface area contributed by atoms with E-state index in [4.69, 9.17) is 10.5 Å². The van der Waals surface area contributed by atoms with Crippen molar-refractivity contribution in [2.45, 2.75) is 38.8 Å². The van der Waals surface area contributed by atoms with E-state index in [1.54, 1.807) is 0 Å². The highest BCUT2D eigenvalue weighted by Gasteiger charge is 2.30. The van der Waals surface area contributed by atoms with Crippen molar-refractivity contribution < 1.29 is 4.74 Å². The largest absolute Gasteiger partial charge is 0.381 e. The van der Waals surface area contributed by atoms with Gasteiger partial charge in [-0.3, -0.25) is 4.90 Å². The minimum absolute atomic E-state index is 0.306. The molecular weight excluding hydrogens is 188 g/mol. The van der Waals surface area contributed by atoms with Crippen LogP contribution in [0.4, 0.5) is 0 Å². The van der Waals surface area contributed by atoms with E-state index in [2.05, 4.69) is 18.7 Å². The molecule has 0 spiro atoms. The van der Waals surface area contributed by atoms with Crippen LogP contribution in [0.3, 0.4) is 0 Å². The van der Waals surface area contributed by atoms with Crippen molar-refractivity contribution in [3.05, 3.63) is 0 Å². The van der Waals surface area contributed by atoms with Gasteiger partial charge in [0.15, 0.2) is 0 Å². The van der Waals surface area contributed by atoms with Gasteiger partial charge in [0.05, 0.1) is 6.61 Å². The summed E-state index contributed by atoms with van der Waals surface area (Å²) in [5, 5.41) is 0. The maximum atomic E-state index is 6.24. The Morgan fingerprint density at radius 3 is 2.80 bits per heavy atom. The van der Waals surface area contributed by atoms with Crippen LogP contribution in [0.25, 0.3) is 0 Å². The Morgan fingerprint density at radius 1 is 1.47 bits per heavy atom. The van der Waals surface area contributed by atoms with E-state index in [1.165, 1.54) is 13.0 Å². The Balaban J connectivity index is 1.80. The van der Waals surface area contributed by atoms with Crippen LogP contribution >= 0.6 is 0 Å². The van der Waals surface area contributed by atoms with Crippen molar-refractivity contribution in [2.24, 2.45) is 17.6 Å². The van der Waals surface area contributed by atoms with Crippen LogP contribution in [-0.2, 0) is 4.74 Å². The summed E-state index contributed by atoms with van der Waals surface area (Å²) in [5.41, 5.74) is 6.24. The monoisotopic (exact) mass is 212 g/mol. The lowest BCUT2D eigenvalue weighted by atomic mass is 9.99. The van der Waals surface area contributed by atoms with Crippen molar-refractivity contribution in [3.63, 3.8) is 0 Å². The van der Waals surface area contributed by atoms with Gasteiger partial charge in [0.2, 0.25) is 0 Å². The summed E-state index contributed by atoms with van der Waals surface area (Å²) in [7, 11) is 0. The molecule has 0 aromatic rings. The fourth-order valence-electron chi connectivity index (χ4n) is 2.95. The Labute approximate surface area is 93.0 Å². The molecule has 2 aliphatic rings. The summed E-state index contributed by atoms with van der Waals surface area (Å²) >= 11 is 0. The predicted molar refractivity (Wildman–Crippen MR) is 61.7 cm³/mol. The van der Waals surface area contributed by atoms with Crippen molar-refractivity contribution >= 4 is 0 Å². The van der Waals surface area contributed by atoms with Crippen LogP contribution in [0.5, 0.6) is 0 Å². The summed E-state index contributed by atoms with van der Waals surface area (Å²) in [6.07, 6.45) is 2.48. The van der Waals surface area contributed by atoms with E-state index < -0.39 is 0 Å². The molecule has 0 bridgehead atoms. The predicted octanol–water partition coefficient (Wildman–Crippen LogP) is 1.08. The molecule has 2 rings (SSSR count). The number of ether oxygens (including phenoxy) is 1. The average Bonchev–Trinajstić information content (AvgIpc) is 2.76. The van der Waals surface area contributed by atoms with Gasteiger partial charge < -0.3 is 10.5 Å². The fourth-order valence-corrected chi connectivity index (χ4v) is 2.95. The number of hydrogen-bond acceptors (Lipinski definition) is 3. The molecule has 2 heterocycles. The third kappa shape index (κ3) is 2.71. The lowest BCUT2D eigenvalue weighted by Crippen LogP contribution is -2.43. The topological polar surface area (TPSA) is 38.5 Å². The summed E-state index contributed by atoms with van der Waals surface area (Å²) in [5.74, 6) is 1.43. The van der Waals surface area contributed by atoms with Crippen molar-refractivity contribution in [1.82, 2.24) is 4.90 Å². The van der Waals surface area contributed by atoms with Gasteiger partial charge in [0, 0.05) is 37.7 Å². The lowest BCUT2D eigenvalue weighted by molar-refractivity contribution is 0.168. The molecule has 2 fully saturated rings. The van der Waals surface area contributed by atoms with Gasteiger partial charge in [0.25, 0.3) is 0 Å². The maximum absolute atomic E-state index is 6.24. The molecule has 2 N–H and O–H groups in total. The van der Waals surface area contributed by atoms with Gasteiger partial charge >= 0.3 is 0 Å². The Morgan fingerprint density at radius 2 is 2.27 bits per heavy atom. The van der Waals surface area contributed by atoms with Gasteiger partial charge in [-0.2, -0.15) is 0 Å². The van der Waals surface area contributed by atoms with E-state index in [9.17, 15) is 0 Å². The molecule has 0 aromatic carbocycles. The van der Waals surface area contributed by atoms with Gasteiger partial charge in [-0.05, 0) is 25.7 Å². The number of nitrogens with two attached hydrogens (primary N) is 1. The first-order valence-corrected chi connectivity index (χ1v) is 6.24. The van der Waals surface area contributed by atoms with E-state index >= 15 is 0 Å². The number of rotatable bonds is 3. The van der Waals surface area contributed by atoms with Crippen LogP contribution in [0, 0.1) is 11.8 Å². The van der Waals surface area contributed by atoms with E-state index in [0.717, 1.165) is 32.1 Å². The molecule has 0 amide bonds. The summed E-state index contributed by atoms with van der Waals surface area (Å²) in [6.45, 7) is 8.72. The third-order valence-electron chi connectivity index (χ3n) is 3.93. The van der Waals surface area contributed by atoms with E-state index in [-0.39, 0.29) is 0 Å². The highest BCUT2D eigenvalue weighted by molar-refractivity contribution is 4.86. The molecule has 2 saturated heterocycles. The molecule has 0 saturated carbocycles. The van der Waals surface area contributed by atoms with E-state index in [1.807, 2.05) is 0 Å². The Bertz CT molecular complexity index is 204. The lowest BCUT2D eigenvalue weighted by Gasteiger charge is -2.27. The van der Waals surface area contributed by atoms with Crippen molar-refractivity contribution in [3.8, 4) is 0 Å². The first-order valence-electron chi connectivity index (χ1n) is 6.24. The molecule has 3 heteroatoms. The molecule has 4 unspecified atom stereocenters. The SMILES string of the molecule is CC1CC(C)N(CC(N)C2CCOC2)C1. The number of hydrogen-bond donors (Lipinski definition) is 1. The van der Waals surface area contributed by atoms with E-state index in [0.29, 0.717) is 18.0 Å². The van der Waals surface area contributed by atoms with Crippen LogP contribution in [0.15, 0.2) is 0 Å². The quantitative estimate of drug-likeness (QED) is 0.761. The molecule has 88 valence electrons. The highest BCUT2D eigenvalue weighted by atomic mass is 16.5. The molecule has 2 aliphatic heterocycles. The molecule has 0 aromatic heterocycles. The van der Waals surface area contributed by atoms with Crippen LogP contribution in [0.2, 0.25) is 0 Å². The zero-order valence-electron chi connectivity index (χ0n) is 9.98. The van der Waals surface area contributed by atoms with Crippen LogP contribution in [0.1, 0.15) is 26.7 Å². The summed E-state index contributed by atoms with van der Waals surface area (Å²) in [6, 6.07) is 1.02. The molecule has 4 atom stereocenters. The molecule has 3 nitrogen and oxygen atoms in total. The van der Waals surface area contributed by atoms with Crippen molar-refractivity contribution in [1.29, 1.82) is 0 Å². The van der Waals surface area contributed by atoms with Crippen molar-refractivity contribution in [2.75, 3.05) is 26.3 Å². The zero-order chi connectivity index (χ0) is 10.8. The minimum atomic E-state index is 0.306. The highest BCUT2D eigenvalue weighted by Crippen LogP contribution is 2.24. The maximum Gasteiger partial charge on any atom is 0.0510 e. The Kier molecular flexibility index (Phi) is 3.65. The number of likely N-dealkylation sites (tertiary alicyclic amines) is 1. The number of nitrogens with zero attached hydrogens (tertiary/aromatic N) is 1. The zero-order valence-corrected chi connectivity index (χ0v) is 9.98. The van der Waals surface area contributed by atoms with Gasteiger partial charge in [-0.25, -0.2) is 0 Å². The standard InChI is InChI=1S/C12H24N2O/c1-9-5-10(2)14(6-9)7-12(13)11-3-4-15-8-11/h9-12H,3-8,13H2,1-2H3. The first kappa shape index (κ1) is 11.4. The van der Waals surface area contributed by atoms with Gasteiger partial charge in [-0.1, -0.05) is 6.92 Å². The second-order valence-corrected chi connectivity index (χ2v) is 5.43. The van der Waals surface area contributed by atoms with Gasteiger partial charge in [-0.15, -0.1) is 0 Å². The minimum Gasteiger partial charge on any atom is -0.381 e. The fraction of sp³-hybridized carbons (Fsp3) is 1.00. The van der Waals surface area contributed by atoms with Crippen LogP contribution in [-0.4, -0.2) is 43.3 Å².